The van der Waals surface area contributed by atoms with E-state index in [1.807, 2.05) is 0 Å². The molecule has 0 aromatic rings. The Morgan fingerprint density at radius 3 is 1.45 bits per heavy atom. The summed E-state index contributed by atoms with van der Waals surface area (Å²) in [5, 5.41) is 8.91. The van der Waals surface area contributed by atoms with E-state index in [9.17, 15) is 19.0 Å². The van der Waals surface area contributed by atoms with Crippen molar-refractivity contribution in [3.63, 3.8) is 0 Å². The molecule has 0 rings (SSSR count). The minimum absolute atomic E-state index is 0.0181. The van der Waals surface area contributed by atoms with Gasteiger partial charge >= 0.3 is 19.8 Å². The highest BCUT2D eigenvalue weighted by Crippen LogP contribution is 2.43. The quantitative estimate of drug-likeness (QED) is 0.0234. The first-order valence-electron chi connectivity index (χ1n) is 22.8. The number of carbonyl (C=O) groups is 2. The molecule has 0 saturated heterocycles. The summed E-state index contributed by atoms with van der Waals surface area (Å²) in [5.41, 5.74) is 5.36. The number of esters is 1. The highest BCUT2D eigenvalue weighted by atomic mass is 31.2. The van der Waals surface area contributed by atoms with Gasteiger partial charge in [0.1, 0.15) is 12.1 Å². The fourth-order valence-corrected chi connectivity index (χ4v) is 6.35. The summed E-state index contributed by atoms with van der Waals surface area (Å²) in [6.45, 7) is 3.63. The van der Waals surface area contributed by atoms with Crippen LogP contribution in [0.15, 0.2) is 97.2 Å². The summed E-state index contributed by atoms with van der Waals surface area (Å²) >= 11 is 0. The van der Waals surface area contributed by atoms with Crippen LogP contribution in [0, 0.1) is 0 Å². The topological polar surface area (TPSA) is 155 Å². The van der Waals surface area contributed by atoms with Gasteiger partial charge in [-0.3, -0.25) is 18.6 Å². The third-order valence-electron chi connectivity index (χ3n) is 9.10. The van der Waals surface area contributed by atoms with Gasteiger partial charge in [-0.1, -0.05) is 156 Å². The molecule has 0 spiro atoms. The van der Waals surface area contributed by atoms with Crippen molar-refractivity contribution in [2.45, 2.75) is 174 Å². The van der Waals surface area contributed by atoms with Gasteiger partial charge in [0.2, 0.25) is 0 Å². The van der Waals surface area contributed by atoms with Gasteiger partial charge in [-0.25, -0.2) is 4.57 Å². The number of hydrogen-bond acceptors (Lipinski definition) is 8. The van der Waals surface area contributed by atoms with Gasteiger partial charge in [0, 0.05) is 13.0 Å². The summed E-state index contributed by atoms with van der Waals surface area (Å²) in [5.74, 6) is -1.82. The number of nitrogens with two attached hydrogens (primary N) is 1. The average molecular weight is 860 g/mol. The second-order valence-electron chi connectivity index (χ2n) is 14.8. The van der Waals surface area contributed by atoms with E-state index in [2.05, 4.69) is 111 Å². The average Bonchev–Trinajstić information content (AvgIpc) is 3.23. The Balaban J connectivity index is 4.34. The molecule has 0 saturated carbocycles. The van der Waals surface area contributed by atoms with Crippen molar-refractivity contribution in [3.05, 3.63) is 97.2 Å². The molecule has 4 N–H and O–H groups in total. The SMILES string of the molecule is CC/C=C\C/C=C\C/C=C\C/C=C\C/C=C\C/C=C\CCCCCOCC(COP(=O)(O)OCC(N)C(=O)O)OC(=O)CCCCCCC/C=C\C/C=C\CCCCCC. The van der Waals surface area contributed by atoms with Crippen LogP contribution in [0.4, 0.5) is 0 Å². The third-order valence-corrected chi connectivity index (χ3v) is 10.0. The lowest BCUT2D eigenvalue weighted by atomic mass is 10.1. The summed E-state index contributed by atoms with van der Waals surface area (Å²) in [6.07, 6.45) is 57.4. The fourth-order valence-electron chi connectivity index (χ4n) is 5.58. The monoisotopic (exact) mass is 860 g/mol. The van der Waals surface area contributed by atoms with E-state index in [0.717, 1.165) is 103 Å². The largest absolute Gasteiger partial charge is 0.480 e. The molecule has 3 unspecified atom stereocenters. The number of ether oxygens (including phenoxy) is 2. The number of carboxylic acids is 1. The first-order valence-corrected chi connectivity index (χ1v) is 24.3. The van der Waals surface area contributed by atoms with E-state index in [0.29, 0.717) is 13.0 Å². The molecule has 3 atom stereocenters. The fraction of sp³-hybridized carbons (Fsp3) is 0.633. The van der Waals surface area contributed by atoms with E-state index in [-0.39, 0.29) is 13.0 Å². The van der Waals surface area contributed by atoms with Crippen LogP contribution in [0.25, 0.3) is 0 Å². The number of carbonyl (C=O) groups excluding carboxylic acids is 1. The van der Waals surface area contributed by atoms with Crippen molar-refractivity contribution in [2.75, 3.05) is 26.4 Å². The molecule has 0 radical (unpaired) electrons. The Morgan fingerprint density at radius 1 is 0.550 bits per heavy atom. The highest BCUT2D eigenvalue weighted by Gasteiger charge is 2.27. The van der Waals surface area contributed by atoms with Crippen LogP contribution in [0.1, 0.15) is 162 Å². The minimum atomic E-state index is -4.64. The molecule has 0 aliphatic heterocycles. The van der Waals surface area contributed by atoms with Crippen LogP contribution in [0.5, 0.6) is 0 Å². The van der Waals surface area contributed by atoms with Crippen LogP contribution in [0.3, 0.4) is 0 Å². The molecular weight excluding hydrogens is 778 g/mol. The molecule has 0 aliphatic rings. The number of phosphoric acid groups is 1. The van der Waals surface area contributed by atoms with Crippen LogP contribution in [0.2, 0.25) is 0 Å². The van der Waals surface area contributed by atoms with E-state index in [1.54, 1.807) is 0 Å². The number of hydrogen-bond donors (Lipinski definition) is 3. The zero-order valence-electron chi connectivity index (χ0n) is 37.3. The van der Waals surface area contributed by atoms with Crippen LogP contribution in [-0.4, -0.2) is 60.5 Å². The summed E-state index contributed by atoms with van der Waals surface area (Å²) in [6, 6.07) is -1.49. The zero-order chi connectivity index (χ0) is 44.0. The molecular formula is C49H82NO9P. The molecule has 0 amide bonds. The smallest absolute Gasteiger partial charge is 0.472 e. The van der Waals surface area contributed by atoms with Crippen LogP contribution >= 0.6 is 7.82 Å². The van der Waals surface area contributed by atoms with Crippen molar-refractivity contribution in [3.8, 4) is 0 Å². The predicted molar refractivity (Wildman–Crippen MR) is 249 cm³/mol. The van der Waals surface area contributed by atoms with Crippen molar-refractivity contribution >= 4 is 19.8 Å². The van der Waals surface area contributed by atoms with Gasteiger partial charge in [0.25, 0.3) is 0 Å². The van der Waals surface area contributed by atoms with Crippen LogP contribution in [-0.2, 0) is 32.7 Å². The molecule has 60 heavy (non-hydrogen) atoms. The Morgan fingerprint density at radius 2 is 0.967 bits per heavy atom. The van der Waals surface area contributed by atoms with E-state index < -0.39 is 45.1 Å². The summed E-state index contributed by atoms with van der Waals surface area (Å²) < 4.78 is 33.3. The van der Waals surface area contributed by atoms with Crippen molar-refractivity contribution in [1.82, 2.24) is 0 Å². The number of unbranched alkanes of at least 4 members (excludes halogenated alkanes) is 12. The zero-order valence-corrected chi connectivity index (χ0v) is 38.2. The molecule has 0 fully saturated rings. The number of rotatable bonds is 42. The Hall–Kier alpha value is -3.11. The minimum Gasteiger partial charge on any atom is -0.480 e. The Labute approximate surface area is 364 Å². The number of carboxylic acid groups (broad SMARTS) is 1. The highest BCUT2D eigenvalue weighted by molar-refractivity contribution is 7.47. The molecule has 342 valence electrons. The van der Waals surface area contributed by atoms with Crippen molar-refractivity contribution < 1.29 is 42.7 Å². The second-order valence-corrected chi connectivity index (χ2v) is 16.2. The number of phosphoric ester groups is 1. The van der Waals surface area contributed by atoms with E-state index in [4.69, 9.17) is 29.4 Å². The second kappa shape index (κ2) is 44.0. The third kappa shape index (κ3) is 43.0. The lowest BCUT2D eigenvalue weighted by Gasteiger charge is -2.20. The first kappa shape index (κ1) is 56.9. The molecule has 0 heterocycles. The normalized spacial score (nSPS) is 14.7. The molecule has 11 heteroatoms. The van der Waals surface area contributed by atoms with Crippen molar-refractivity contribution in [2.24, 2.45) is 5.73 Å². The lowest BCUT2D eigenvalue weighted by molar-refractivity contribution is -0.154. The first-order chi connectivity index (χ1) is 29.2. The molecule has 10 nitrogen and oxygen atoms in total. The van der Waals surface area contributed by atoms with Gasteiger partial charge in [0.05, 0.1) is 19.8 Å². The van der Waals surface area contributed by atoms with E-state index >= 15 is 0 Å². The van der Waals surface area contributed by atoms with E-state index in [1.165, 1.54) is 32.1 Å². The van der Waals surface area contributed by atoms with Gasteiger partial charge in [-0.15, -0.1) is 0 Å². The molecule has 0 aromatic heterocycles. The molecule has 0 aromatic carbocycles. The van der Waals surface area contributed by atoms with Gasteiger partial charge in [-0.05, 0) is 96.3 Å². The van der Waals surface area contributed by atoms with Gasteiger partial charge in [0.15, 0.2) is 0 Å². The van der Waals surface area contributed by atoms with Crippen LogP contribution < -0.4 is 5.73 Å². The summed E-state index contributed by atoms with van der Waals surface area (Å²) in [4.78, 5) is 33.6. The molecule has 0 bridgehead atoms. The van der Waals surface area contributed by atoms with Crippen molar-refractivity contribution in [1.29, 1.82) is 0 Å². The maximum absolute atomic E-state index is 12.6. The predicted octanol–water partition coefficient (Wildman–Crippen LogP) is 12.9. The molecule has 0 aliphatic carbocycles. The Bertz CT molecular complexity index is 1320. The summed E-state index contributed by atoms with van der Waals surface area (Å²) in [7, 11) is -4.64. The standard InChI is InChI=1S/C49H82NO9P/c1-3-5-7-9-11-13-15-17-19-21-22-23-24-25-26-28-30-32-34-36-38-40-42-56-43-46(44-57-60(54,55)58-45-47(50)49(52)53)59-48(51)41-39-37-35-33-31-29-27-20-18-16-14-12-10-8-6-4-2/h5,7,11,13-14,16-17,19-20,22-23,25-27,30,32,46-47H,3-4,6,8-10,12,15,18,21,24,28-29,31,33-45,50H2,1-2H3,(H,52,53)(H,54,55)/b7-5-,13-11-,16-14-,19-17-,23-22-,26-25-,27-20-,32-30-. The maximum atomic E-state index is 12.6. The number of aliphatic carboxylic acids is 1. The van der Waals surface area contributed by atoms with Gasteiger partial charge in [-0.2, -0.15) is 0 Å². The number of allylic oxidation sites excluding steroid dienone is 16. The van der Waals surface area contributed by atoms with Gasteiger partial charge < -0.3 is 25.2 Å². The Kier molecular flexibility index (Phi) is 41.7. The lowest BCUT2D eigenvalue weighted by Crippen LogP contribution is -2.34. The maximum Gasteiger partial charge on any atom is 0.472 e.